The summed E-state index contributed by atoms with van der Waals surface area (Å²) in [7, 11) is 0. The average Bonchev–Trinajstić information content (AvgIpc) is 2.36. The third-order valence-electron chi connectivity index (χ3n) is 2.30. The second kappa shape index (κ2) is 2.23. The number of amides is 1. The van der Waals surface area contributed by atoms with E-state index in [1.54, 1.807) is 0 Å². The first kappa shape index (κ1) is 6.16. The van der Waals surface area contributed by atoms with Crippen LogP contribution in [0.3, 0.4) is 0 Å². The Labute approximate surface area is 60.4 Å². The molecular formula is C7H12N2O. The maximum Gasteiger partial charge on any atom is 0.223 e. The number of piperidine rings is 1. The number of hydrogen-bond acceptors (Lipinski definition) is 2. The van der Waals surface area contributed by atoms with E-state index in [2.05, 4.69) is 5.32 Å². The Morgan fingerprint density at radius 1 is 1.60 bits per heavy atom. The summed E-state index contributed by atoms with van der Waals surface area (Å²) in [5.74, 6) is 0.334. The van der Waals surface area contributed by atoms with Crippen LogP contribution in [0.4, 0.5) is 0 Å². The zero-order valence-corrected chi connectivity index (χ0v) is 5.97. The lowest BCUT2D eigenvalue weighted by molar-refractivity contribution is -0.134. The van der Waals surface area contributed by atoms with Crippen LogP contribution < -0.4 is 5.32 Å². The molecule has 0 aromatic rings. The van der Waals surface area contributed by atoms with Crippen molar-refractivity contribution in [2.24, 2.45) is 0 Å². The van der Waals surface area contributed by atoms with Crippen LogP contribution in [-0.4, -0.2) is 30.1 Å². The number of carbonyl (C=O) groups excluding carboxylic acids is 1. The zero-order valence-electron chi connectivity index (χ0n) is 5.97. The average molecular weight is 140 g/mol. The smallest absolute Gasteiger partial charge is 0.223 e. The fourth-order valence-electron chi connectivity index (χ4n) is 1.76. The SMILES string of the molecule is O=C1CCCC2NCCN12. The molecule has 2 aliphatic heterocycles. The maximum absolute atomic E-state index is 11.2. The van der Waals surface area contributed by atoms with Gasteiger partial charge in [0.05, 0.1) is 6.17 Å². The minimum absolute atomic E-state index is 0.334. The van der Waals surface area contributed by atoms with Gasteiger partial charge in [0, 0.05) is 19.5 Å². The summed E-state index contributed by atoms with van der Waals surface area (Å²) in [5, 5.41) is 3.29. The summed E-state index contributed by atoms with van der Waals surface area (Å²) >= 11 is 0. The molecule has 1 atom stereocenters. The van der Waals surface area contributed by atoms with E-state index in [4.69, 9.17) is 0 Å². The Balaban J connectivity index is 2.10. The Kier molecular flexibility index (Phi) is 1.38. The van der Waals surface area contributed by atoms with Crippen LogP contribution in [0.1, 0.15) is 19.3 Å². The van der Waals surface area contributed by atoms with Crippen molar-refractivity contribution in [2.45, 2.75) is 25.4 Å². The molecule has 2 heterocycles. The van der Waals surface area contributed by atoms with E-state index in [0.717, 1.165) is 32.4 Å². The van der Waals surface area contributed by atoms with Gasteiger partial charge < -0.3 is 4.90 Å². The summed E-state index contributed by atoms with van der Waals surface area (Å²) < 4.78 is 0. The topological polar surface area (TPSA) is 32.3 Å². The molecule has 2 saturated heterocycles. The second-order valence-electron chi connectivity index (χ2n) is 2.95. The van der Waals surface area contributed by atoms with Gasteiger partial charge >= 0.3 is 0 Å². The largest absolute Gasteiger partial charge is 0.326 e. The molecule has 10 heavy (non-hydrogen) atoms. The molecule has 3 nitrogen and oxygen atoms in total. The van der Waals surface area contributed by atoms with Crippen LogP contribution in [0.25, 0.3) is 0 Å². The highest BCUT2D eigenvalue weighted by Gasteiger charge is 2.30. The summed E-state index contributed by atoms with van der Waals surface area (Å²) in [6, 6.07) is 0. The van der Waals surface area contributed by atoms with Crippen molar-refractivity contribution in [1.29, 1.82) is 0 Å². The molecule has 0 aliphatic carbocycles. The van der Waals surface area contributed by atoms with Crippen LogP contribution in [0.5, 0.6) is 0 Å². The van der Waals surface area contributed by atoms with Crippen molar-refractivity contribution in [1.82, 2.24) is 10.2 Å². The predicted octanol–water partition coefficient (Wildman–Crippen LogP) is -0.0718. The molecule has 0 saturated carbocycles. The molecule has 0 bridgehead atoms. The molecule has 2 aliphatic rings. The minimum Gasteiger partial charge on any atom is -0.326 e. The highest BCUT2D eigenvalue weighted by Crippen LogP contribution is 2.18. The molecule has 1 amide bonds. The Hall–Kier alpha value is -0.570. The highest BCUT2D eigenvalue weighted by molar-refractivity contribution is 5.77. The van der Waals surface area contributed by atoms with E-state index in [0.29, 0.717) is 12.1 Å². The summed E-state index contributed by atoms with van der Waals surface area (Å²) in [5.41, 5.74) is 0. The van der Waals surface area contributed by atoms with Gasteiger partial charge in [-0.3, -0.25) is 10.1 Å². The Morgan fingerprint density at radius 3 is 3.30 bits per heavy atom. The first-order valence-electron chi connectivity index (χ1n) is 3.91. The minimum atomic E-state index is 0.334. The fraction of sp³-hybridized carbons (Fsp3) is 0.857. The molecule has 56 valence electrons. The van der Waals surface area contributed by atoms with Gasteiger partial charge in [-0.15, -0.1) is 0 Å². The quantitative estimate of drug-likeness (QED) is 0.510. The van der Waals surface area contributed by atoms with Gasteiger partial charge in [0.25, 0.3) is 0 Å². The van der Waals surface area contributed by atoms with Crippen molar-refractivity contribution >= 4 is 5.91 Å². The van der Waals surface area contributed by atoms with E-state index in [1.165, 1.54) is 0 Å². The maximum atomic E-state index is 11.2. The lowest BCUT2D eigenvalue weighted by atomic mass is 10.1. The van der Waals surface area contributed by atoms with Crippen LogP contribution in [0.2, 0.25) is 0 Å². The lowest BCUT2D eigenvalue weighted by Gasteiger charge is -2.28. The molecule has 0 aromatic carbocycles. The van der Waals surface area contributed by atoms with Crippen LogP contribution in [0.15, 0.2) is 0 Å². The standard InChI is InChI=1S/C7H12N2O/c10-7-3-1-2-6-8-4-5-9(6)7/h6,8H,1-5H2. The van der Waals surface area contributed by atoms with Crippen LogP contribution in [-0.2, 0) is 4.79 Å². The molecular weight excluding hydrogens is 128 g/mol. The van der Waals surface area contributed by atoms with Gasteiger partial charge in [-0.25, -0.2) is 0 Å². The summed E-state index contributed by atoms with van der Waals surface area (Å²) in [6.45, 7) is 1.90. The van der Waals surface area contributed by atoms with Crippen molar-refractivity contribution in [3.05, 3.63) is 0 Å². The second-order valence-corrected chi connectivity index (χ2v) is 2.95. The highest BCUT2D eigenvalue weighted by atomic mass is 16.2. The third-order valence-corrected chi connectivity index (χ3v) is 2.30. The molecule has 1 unspecified atom stereocenters. The Bertz CT molecular complexity index is 158. The molecule has 2 rings (SSSR count). The summed E-state index contributed by atoms with van der Waals surface area (Å²) in [4.78, 5) is 13.1. The van der Waals surface area contributed by atoms with Gasteiger partial charge in [-0.1, -0.05) is 0 Å². The summed E-state index contributed by atoms with van der Waals surface area (Å²) in [6.07, 6.45) is 3.35. The third kappa shape index (κ3) is 0.814. The number of hydrogen-bond donors (Lipinski definition) is 1. The van der Waals surface area contributed by atoms with Crippen molar-refractivity contribution in [2.75, 3.05) is 13.1 Å². The molecule has 1 N–H and O–H groups in total. The normalized spacial score (nSPS) is 32.6. The van der Waals surface area contributed by atoms with Crippen LogP contribution in [0, 0.1) is 0 Å². The number of rotatable bonds is 0. The van der Waals surface area contributed by atoms with Gasteiger partial charge in [0.2, 0.25) is 5.91 Å². The number of fused-ring (bicyclic) bond motifs is 1. The fourth-order valence-corrected chi connectivity index (χ4v) is 1.76. The first-order chi connectivity index (χ1) is 4.88. The van der Waals surface area contributed by atoms with Crippen molar-refractivity contribution in [3.63, 3.8) is 0 Å². The van der Waals surface area contributed by atoms with E-state index < -0.39 is 0 Å². The first-order valence-corrected chi connectivity index (χ1v) is 3.91. The number of nitrogens with zero attached hydrogens (tertiary/aromatic N) is 1. The molecule has 0 radical (unpaired) electrons. The lowest BCUT2D eigenvalue weighted by Crippen LogP contribution is -2.43. The van der Waals surface area contributed by atoms with Crippen molar-refractivity contribution in [3.8, 4) is 0 Å². The van der Waals surface area contributed by atoms with Crippen molar-refractivity contribution < 1.29 is 4.79 Å². The van der Waals surface area contributed by atoms with Gasteiger partial charge in [0.15, 0.2) is 0 Å². The van der Waals surface area contributed by atoms with E-state index in [-0.39, 0.29) is 0 Å². The van der Waals surface area contributed by atoms with E-state index >= 15 is 0 Å². The molecule has 0 aromatic heterocycles. The van der Waals surface area contributed by atoms with Gasteiger partial charge in [-0.2, -0.15) is 0 Å². The number of nitrogens with one attached hydrogen (secondary N) is 1. The van der Waals surface area contributed by atoms with Gasteiger partial charge in [-0.05, 0) is 12.8 Å². The predicted molar refractivity (Wildman–Crippen MR) is 37.4 cm³/mol. The van der Waals surface area contributed by atoms with E-state index in [9.17, 15) is 4.79 Å². The molecule has 3 heteroatoms. The van der Waals surface area contributed by atoms with E-state index in [1.807, 2.05) is 4.90 Å². The Morgan fingerprint density at radius 2 is 2.50 bits per heavy atom. The molecule has 2 fully saturated rings. The monoisotopic (exact) mass is 140 g/mol. The van der Waals surface area contributed by atoms with Gasteiger partial charge in [0.1, 0.15) is 0 Å². The zero-order chi connectivity index (χ0) is 6.97. The van der Waals surface area contributed by atoms with Crippen LogP contribution >= 0.6 is 0 Å². The number of carbonyl (C=O) groups is 1. The molecule has 0 spiro atoms.